The van der Waals surface area contributed by atoms with E-state index in [0.717, 1.165) is 21.9 Å². The molecule has 0 fully saturated rings. The largest absolute Gasteiger partial charge is 0.438 e. The highest BCUT2D eigenvalue weighted by molar-refractivity contribution is 14.1. The second kappa shape index (κ2) is 5.13. The van der Waals surface area contributed by atoms with Crippen LogP contribution < -0.4 is 4.74 Å². The molecule has 2 aromatic rings. The smallest absolute Gasteiger partial charge is 0.416 e. The first-order valence-electron chi connectivity index (χ1n) is 4.92. The number of rotatable bonds is 2. The molecular weight excluding hydrogens is 358 g/mol. The van der Waals surface area contributed by atoms with Crippen LogP contribution in [0, 0.1) is 3.57 Å². The fraction of sp³-hybridized carbons (Fsp3) is 0.0833. The van der Waals surface area contributed by atoms with Gasteiger partial charge in [0.05, 0.1) is 9.13 Å². The van der Waals surface area contributed by atoms with Crippen molar-refractivity contribution in [3.63, 3.8) is 0 Å². The summed E-state index contributed by atoms with van der Waals surface area (Å²) >= 11 is 2.04. The van der Waals surface area contributed by atoms with Gasteiger partial charge >= 0.3 is 6.18 Å². The first-order chi connectivity index (χ1) is 8.47. The van der Waals surface area contributed by atoms with Crippen molar-refractivity contribution in [3.8, 4) is 11.6 Å². The molecule has 0 spiro atoms. The molecular formula is C12H7F3INO. The lowest BCUT2D eigenvalue weighted by atomic mass is 10.2. The predicted octanol–water partition coefficient (Wildman–Crippen LogP) is 4.50. The highest BCUT2D eigenvalue weighted by atomic mass is 127. The minimum absolute atomic E-state index is 0.0751. The Morgan fingerprint density at radius 2 is 1.83 bits per heavy atom. The molecule has 0 aliphatic heterocycles. The average Bonchev–Trinajstić information content (AvgIpc) is 2.31. The Kier molecular flexibility index (Phi) is 3.74. The second-order valence-electron chi connectivity index (χ2n) is 3.41. The second-order valence-corrected chi connectivity index (χ2v) is 4.58. The highest BCUT2D eigenvalue weighted by Gasteiger charge is 2.31. The molecule has 0 aliphatic rings. The molecule has 0 N–H and O–H groups in total. The molecule has 0 radical (unpaired) electrons. The van der Waals surface area contributed by atoms with Crippen LogP contribution in [0.15, 0.2) is 42.6 Å². The van der Waals surface area contributed by atoms with Crippen LogP contribution in [-0.4, -0.2) is 4.98 Å². The topological polar surface area (TPSA) is 22.1 Å². The lowest BCUT2D eigenvalue weighted by molar-refractivity contribution is -0.137. The number of alkyl halides is 3. The maximum absolute atomic E-state index is 12.5. The van der Waals surface area contributed by atoms with E-state index in [1.54, 1.807) is 18.2 Å². The van der Waals surface area contributed by atoms with E-state index in [4.69, 9.17) is 4.74 Å². The summed E-state index contributed by atoms with van der Waals surface area (Å²) in [6, 6.07) is 8.80. The van der Waals surface area contributed by atoms with Crippen LogP contribution in [0.1, 0.15) is 5.56 Å². The Balaban J connectivity index is 2.28. The van der Waals surface area contributed by atoms with Crippen LogP contribution >= 0.6 is 22.6 Å². The number of pyridine rings is 1. The number of benzene rings is 1. The monoisotopic (exact) mass is 365 g/mol. The Labute approximate surface area is 115 Å². The van der Waals surface area contributed by atoms with E-state index < -0.39 is 11.7 Å². The van der Waals surface area contributed by atoms with Crippen LogP contribution in [0.4, 0.5) is 13.2 Å². The Hall–Kier alpha value is -1.31. The number of aromatic nitrogens is 1. The number of hydrogen-bond donors (Lipinski definition) is 0. The highest BCUT2D eigenvalue weighted by Crippen LogP contribution is 2.32. The van der Waals surface area contributed by atoms with E-state index in [1.807, 2.05) is 28.7 Å². The normalized spacial score (nSPS) is 11.3. The van der Waals surface area contributed by atoms with Gasteiger partial charge in [-0.1, -0.05) is 12.1 Å². The van der Waals surface area contributed by atoms with Gasteiger partial charge in [0.15, 0.2) is 0 Å². The van der Waals surface area contributed by atoms with Crippen LogP contribution in [0.25, 0.3) is 0 Å². The van der Waals surface area contributed by atoms with E-state index in [0.29, 0.717) is 5.75 Å². The molecule has 94 valence electrons. The van der Waals surface area contributed by atoms with Crippen molar-refractivity contribution >= 4 is 22.6 Å². The summed E-state index contributed by atoms with van der Waals surface area (Å²) in [7, 11) is 0. The van der Waals surface area contributed by atoms with Crippen LogP contribution in [0.2, 0.25) is 0 Å². The lowest BCUT2D eigenvalue weighted by Crippen LogP contribution is -2.05. The maximum atomic E-state index is 12.5. The van der Waals surface area contributed by atoms with Crippen molar-refractivity contribution in [2.24, 2.45) is 0 Å². The molecule has 0 atom stereocenters. The molecule has 0 saturated carbocycles. The Bertz CT molecular complexity index is 557. The Morgan fingerprint density at radius 3 is 2.50 bits per heavy atom. The van der Waals surface area contributed by atoms with Gasteiger partial charge in [-0.3, -0.25) is 0 Å². The van der Waals surface area contributed by atoms with Gasteiger partial charge in [-0.15, -0.1) is 0 Å². The van der Waals surface area contributed by atoms with Gasteiger partial charge < -0.3 is 4.74 Å². The average molecular weight is 365 g/mol. The number of para-hydroxylation sites is 1. The summed E-state index contributed by atoms with van der Waals surface area (Å²) in [6.45, 7) is 0. The van der Waals surface area contributed by atoms with Gasteiger partial charge in [-0.05, 0) is 40.8 Å². The molecule has 6 heteroatoms. The molecule has 2 rings (SSSR count). The summed E-state index contributed by atoms with van der Waals surface area (Å²) in [5.74, 6) is 0.402. The van der Waals surface area contributed by atoms with Crippen molar-refractivity contribution < 1.29 is 17.9 Å². The van der Waals surface area contributed by atoms with E-state index in [9.17, 15) is 13.2 Å². The minimum Gasteiger partial charge on any atom is -0.438 e. The van der Waals surface area contributed by atoms with E-state index in [1.165, 1.54) is 0 Å². The van der Waals surface area contributed by atoms with Gasteiger partial charge in [0.1, 0.15) is 5.75 Å². The SMILES string of the molecule is FC(F)(F)c1ccnc(Oc2ccccc2I)c1. The predicted molar refractivity (Wildman–Crippen MR) is 68.5 cm³/mol. The summed E-state index contributed by atoms with van der Waals surface area (Å²) in [6.07, 6.45) is -3.32. The number of nitrogens with zero attached hydrogens (tertiary/aromatic N) is 1. The molecule has 0 amide bonds. The van der Waals surface area contributed by atoms with E-state index in [2.05, 4.69) is 4.98 Å². The van der Waals surface area contributed by atoms with Crippen LogP contribution in [-0.2, 0) is 6.18 Å². The summed E-state index contributed by atoms with van der Waals surface area (Å²) in [4.78, 5) is 3.76. The van der Waals surface area contributed by atoms with Gasteiger partial charge in [-0.2, -0.15) is 13.2 Å². The van der Waals surface area contributed by atoms with Crippen molar-refractivity contribution in [1.29, 1.82) is 0 Å². The third-order valence-corrected chi connectivity index (χ3v) is 3.00. The van der Waals surface area contributed by atoms with E-state index >= 15 is 0 Å². The van der Waals surface area contributed by atoms with Crippen molar-refractivity contribution in [1.82, 2.24) is 4.98 Å². The standard InChI is InChI=1S/C12H7F3INO/c13-12(14,15)8-5-6-17-11(7-8)18-10-4-2-1-3-9(10)16/h1-7H. The molecule has 18 heavy (non-hydrogen) atoms. The summed E-state index contributed by atoms with van der Waals surface area (Å²) < 4.78 is 43.6. The molecule has 1 aromatic heterocycles. The van der Waals surface area contributed by atoms with Crippen molar-refractivity contribution in [2.75, 3.05) is 0 Å². The first kappa shape index (κ1) is 13.1. The zero-order valence-corrected chi connectivity index (χ0v) is 11.1. The fourth-order valence-electron chi connectivity index (χ4n) is 1.28. The van der Waals surface area contributed by atoms with Gasteiger partial charge in [-0.25, -0.2) is 4.98 Å². The number of ether oxygens (including phenoxy) is 1. The van der Waals surface area contributed by atoms with Gasteiger partial charge in [0, 0.05) is 12.3 Å². The maximum Gasteiger partial charge on any atom is 0.416 e. The van der Waals surface area contributed by atoms with Crippen LogP contribution in [0.3, 0.4) is 0 Å². The molecule has 0 aliphatic carbocycles. The molecule has 2 nitrogen and oxygen atoms in total. The third kappa shape index (κ3) is 3.12. The van der Waals surface area contributed by atoms with Gasteiger partial charge in [0.25, 0.3) is 0 Å². The molecule has 0 saturated heterocycles. The summed E-state index contributed by atoms with van der Waals surface area (Å²) in [5.41, 5.74) is -0.779. The zero-order valence-electron chi connectivity index (χ0n) is 8.91. The van der Waals surface area contributed by atoms with Crippen molar-refractivity contribution in [3.05, 3.63) is 51.7 Å². The first-order valence-corrected chi connectivity index (χ1v) is 6.00. The van der Waals surface area contributed by atoms with Crippen molar-refractivity contribution in [2.45, 2.75) is 6.18 Å². The molecule has 0 unspecified atom stereocenters. The summed E-state index contributed by atoms with van der Waals surface area (Å²) in [5, 5.41) is 0. The van der Waals surface area contributed by atoms with E-state index in [-0.39, 0.29) is 5.88 Å². The third-order valence-electron chi connectivity index (χ3n) is 2.11. The lowest BCUT2D eigenvalue weighted by Gasteiger charge is -2.09. The van der Waals surface area contributed by atoms with Gasteiger partial charge in [0.2, 0.25) is 5.88 Å². The number of hydrogen-bond acceptors (Lipinski definition) is 2. The number of halogens is 4. The molecule has 0 bridgehead atoms. The minimum atomic E-state index is -4.40. The molecule has 1 heterocycles. The Morgan fingerprint density at radius 1 is 1.11 bits per heavy atom. The fourth-order valence-corrected chi connectivity index (χ4v) is 1.78. The van der Waals surface area contributed by atoms with Crippen LogP contribution in [0.5, 0.6) is 11.6 Å². The quantitative estimate of drug-likeness (QED) is 0.732. The zero-order chi connectivity index (χ0) is 13.2. The molecule has 1 aromatic carbocycles.